The van der Waals surface area contributed by atoms with Crippen LogP contribution in [0.2, 0.25) is 0 Å². The van der Waals surface area contributed by atoms with Crippen molar-refractivity contribution < 1.29 is 22.3 Å². The Morgan fingerprint density at radius 1 is 1.24 bits per heavy atom. The second-order valence-corrected chi connectivity index (χ2v) is 7.10. The summed E-state index contributed by atoms with van der Waals surface area (Å²) in [4.78, 5) is 9.67. The van der Waals surface area contributed by atoms with Crippen LogP contribution in [0.3, 0.4) is 0 Å². The molecule has 2 aliphatic heterocycles. The van der Waals surface area contributed by atoms with Crippen molar-refractivity contribution in [3.05, 3.63) is 24.2 Å². The molecule has 0 amide bonds. The molecule has 2 atom stereocenters. The van der Waals surface area contributed by atoms with Crippen molar-refractivity contribution in [1.82, 2.24) is 24.6 Å². The number of aromatic nitrogens is 4. The molecule has 0 unspecified atom stereocenters. The molecule has 4 rings (SSSR count). The molecule has 2 N–H and O–H groups in total. The fraction of sp³-hybridized carbons (Fsp3) is 0.588. The molecule has 8 nitrogen and oxygen atoms in total. The number of rotatable bonds is 5. The van der Waals surface area contributed by atoms with Gasteiger partial charge in [0.25, 0.3) is 0 Å². The van der Waals surface area contributed by atoms with Crippen molar-refractivity contribution in [2.24, 2.45) is 0 Å². The summed E-state index contributed by atoms with van der Waals surface area (Å²) in [6.45, 7) is 2.38. The minimum Gasteiger partial charge on any atom is -0.378 e. The second kappa shape index (κ2) is 7.75. The number of hydrogen-bond acceptors (Lipinski definition) is 7. The minimum absolute atomic E-state index is 0.0153. The Balaban J connectivity index is 1.43. The normalized spacial score (nSPS) is 23.6. The lowest BCUT2D eigenvalue weighted by Crippen LogP contribution is -2.55. The average molecular weight is 415 g/mol. The lowest BCUT2D eigenvalue weighted by Gasteiger charge is -2.42. The lowest BCUT2D eigenvalue weighted by molar-refractivity contribution is -0.137. The first-order valence-electron chi connectivity index (χ1n) is 9.24. The molecule has 12 heteroatoms. The van der Waals surface area contributed by atoms with Gasteiger partial charge in [0.2, 0.25) is 5.95 Å². The third-order valence-corrected chi connectivity index (χ3v) is 5.20. The van der Waals surface area contributed by atoms with E-state index in [0.29, 0.717) is 44.1 Å². The molecular formula is C17H21F4N7O. The summed E-state index contributed by atoms with van der Waals surface area (Å²) in [5, 5.41) is 9.44. The van der Waals surface area contributed by atoms with Crippen molar-refractivity contribution >= 4 is 17.5 Å². The molecule has 0 saturated carbocycles. The Kier molecular flexibility index (Phi) is 5.30. The highest BCUT2D eigenvalue weighted by molar-refractivity contribution is 5.55. The molecule has 0 radical (unpaired) electrons. The van der Waals surface area contributed by atoms with Crippen LogP contribution in [0.25, 0.3) is 0 Å². The van der Waals surface area contributed by atoms with Crippen LogP contribution in [-0.2, 0) is 10.9 Å². The lowest BCUT2D eigenvalue weighted by atomic mass is 10.0. The van der Waals surface area contributed by atoms with Crippen LogP contribution in [-0.4, -0.2) is 70.2 Å². The number of halogens is 4. The van der Waals surface area contributed by atoms with Crippen molar-refractivity contribution in [2.45, 2.75) is 30.9 Å². The highest BCUT2D eigenvalue weighted by atomic mass is 19.4. The van der Waals surface area contributed by atoms with Gasteiger partial charge < -0.3 is 15.4 Å². The van der Waals surface area contributed by atoms with E-state index < -0.39 is 24.0 Å². The minimum atomic E-state index is -4.56. The number of ether oxygens (including phenoxy) is 1. The Morgan fingerprint density at radius 2 is 2.03 bits per heavy atom. The van der Waals surface area contributed by atoms with Crippen LogP contribution < -0.4 is 10.6 Å². The number of piperidine rings is 1. The molecule has 2 aromatic heterocycles. The largest absolute Gasteiger partial charge is 0.421 e. The predicted molar refractivity (Wildman–Crippen MR) is 96.8 cm³/mol. The van der Waals surface area contributed by atoms with Crippen LogP contribution >= 0.6 is 0 Å². The number of likely N-dealkylation sites (tertiary alicyclic amines) is 1. The van der Waals surface area contributed by atoms with E-state index in [-0.39, 0.29) is 11.8 Å². The van der Waals surface area contributed by atoms with Gasteiger partial charge in [0, 0.05) is 32.5 Å². The maximum atomic E-state index is 14.7. The van der Waals surface area contributed by atoms with E-state index in [1.54, 1.807) is 10.9 Å². The number of nitrogens with one attached hydrogen (secondary N) is 2. The summed E-state index contributed by atoms with van der Waals surface area (Å²) < 4.78 is 60.2. The fourth-order valence-corrected chi connectivity index (χ4v) is 3.53. The molecular weight excluding hydrogens is 394 g/mol. The van der Waals surface area contributed by atoms with Crippen LogP contribution in [0, 0.1) is 0 Å². The highest BCUT2D eigenvalue weighted by Gasteiger charge is 2.37. The van der Waals surface area contributed by atoms with Crippen LogP contribution in [0.1, 0.15) is 18.0 Å². The van der Waals surface area contributed by atoms with E-state index in [1.807, 2.05) is 0 Å². The second-order valence-electron chi connectivity index (χ2n) is 7.10. The maximum Gasteiger partial charge on any atom is 0.421 e. The summed E-state index contributed by atoms with van der Waals surface area (Å²) in [7, 11) is 1.35. The number of alkyl halides is 4. The Labute approximate surface area is 164 Å². The van der Waals surface area contributed by atoms with E-state index in [1.165, 1.54) is 13.2 Å². The van der Waals surface area contributed by atoms with Gasteiger partial charge in [-0.25, -0.2) is 9.37 Å². The summed E-state index contributed by atoms with van der Waals surface area (Å²) in [5.41, 5.74) is -0.487. The van der Waals surface area contributed by atoms with Gasteiger partial charge in [-0.05, 0) is 6.42 Å². The van der Waals surface area contributed by atoms with Gasteiger partial charge in [0.15, 0.2) is 0 Å². The van der Waals surface area contributed by atoms with E-state index >= 15 is 0 Å². The van der Waals surface area contributed by atoms with Gasteiger partial charge in [0.1, 0.15) is 17.6 Å². The number of nitrogens with zero attached hydrogens (tertiary/aromatic N) is 5. The van der Waals surface area contributed by atoms with Gasteiger partial charge in [-0.2, -0.15) is 23.3 Å². The highest BCUT2D eigenvalue weighted by Crippen LogP contribution is 2.34. The van der Waals surface area contributed by atoms with Crippen molar-refractivity contribution in [3.8, 4) is 0 Å². The SMILES string of the molecule is CNc1nc(Nc2cnn([C@@H]3CCN(C4COC4)C[C@H]3F)c2)ncc1C(F)(F)F. The topological polar surface area (TPSA) is 80.1 Å². The molecule has 0 aliphatic carbocycles. The molecule has 158 valence electrons. The van der Waals surface area contributed by atoms with E-state index in [9.17, 15) is 17.6 Å². The predicted octanol–water partition coefficient (Wildman–Crippen LogP) is 2.46. The molecule has 0 bridgehead atoms. The van der Waals surface area contributed by atoms with Crippen molar-refractivity contribution in [1.29, 1.82) is 0 Å². The zero-order valence-corrected chi connectivity index (χ0v) is 15.7. The molecule has 2 fully saturated rings. The Morgan fingerprint density at radius 3 is 2.66 bits per heavy atom. The molecule has 2 aromatic rings. The molecule has 0 aromatic carbocycles. The quantitative estimate of drug-likeness (QED) is 0.727. The van der Waals surface area contributed by atoms with Crippen LogP contribution in [0.15, 0.2) is 18.6 Å². The Hall–Kier alpha value is -2.47. The molecule has 2 aliphatic rings. The van der Waals surface area contributed by atoms with Crippen LogP contribution in [0.4, 0.5) is 35.0 Å². The molecule has 0 spiro atoms. The monoisotopic (exact) mass is 415 g/mol. The van der Waals surface area contributed by atoms with Gasteiger partial charge in [-0.3, -0.25) is 9.58 Å². The van der Waals surface area contributed by atoms with Gasteiger partial charge in [0.05, 0.1) is 37.2 Å². The zero-order chi connectivity index (χ0) is 20.6. The van der Waals surface area contributed by atoms with Gasteiger partial charge in [-0.15, -0.1) is 0 Å². The summed E-state index contributed by atoms with van der Waals surface area (Å²) >= 11 is 0. The van der Waals surface area contributed by atoms with E-state index in [0.717, 1.165) is 6.54 Å². The molecule has 29 heavy (non-hydrogen) atoms. The third-order valence-electron chi connectivity index (χ3n) is 5.20. The first-order chi connectivity index (χ1) is 13.8. The van der Waals surface area contributed by atoms with Gasteiger partial charge >= 0.3 is 6.18 Å². The fourth-order valence-electron chi connectivity index (χ4n) is 3.53. The standard InChI is InChI=1S/C17H21F4N7O/c1-22-15-12(17(19,20)21)5-23-16(26-15)25-10-4-24-28(6-10)14-2-3-27(7-13(14)18)11-8-29-9-11/h4-6,11,13-14H,2-3,7-9H2,1H3,(H2,22,23,25,26)/t13-,14-/m1/s1. The third kappa shape index (κ3) is 4.13. The van der Waals surface area contributed by atoms with Crippen molar-refractivity contribution in [3.63, 3.8) is 0 Å². The summed E-state index contributed by atoms with van der Waals surface area (Å²) in [6, 6.07) is -0.105. The summed E-state index contributed by atoms with van der Waals surface area (Å²) in [6.07, 6.45) is -1.23. The van der Waals surface area contributed by atoms with E-state index in [4.69, 9.17) is 4.74 Å². The smallest absolute Gasteiger partial charge is 0.378 e. The van der Waals surface area contributed by atoms with Crippen LogP contribution in [0.5, 0.6) is 0 Å². The van der Waals surface area contributed by atoms with Gasteiger partial charge in [-0.1, -0.05) is 0 Å². The maximum absolute atomic E-state index is 14.7. The number of hydrogen-bond donors (Lipinski definition) is 2. The molecule has 4 heterocycles. The molecule has 2 saturated heterocycles. The zero-order valence-electron chi connectivity index (χ0n) is 15.7. The van der Waals surface area contributed by atoms with Crippen molar-refractivity contribution in [2.75, 3.05) is 44.0 Å². The number of anilines is 3. The summed E-state index contributed by atoms with van der Waals surface area (Å²) in [5.74, 6) is -0.350. The first kappa shape index (κ1) is 19.8. The first-order valence-corrected chi connectivity index (χ1v) is 9.24. The van der Waals surface area contributed by atoms with E-state index in [2.05, 4.69) is 30.6 Å². The Bertz CT molecular complexity index is 855. The average Bonchev–Trinajstić information content (AvgIpc) is 3.07.